The molecule has 1 aromatic heterocycles. The van der Waals surface area contributed by atoms with E-state index in [-0.39, 0.29) is 17.3 Å². The summed E-state index contributed by atoms with van der Waals surface area (Å²) in [5.74, 6) is -0.353. The van der Waals surface area contributed by atoms with Gasteiger partial charge in [-0.3, -0.25) is 9.78 Å². The quantitative estimate of drug-likeness (QED) is 0.358. The van der Waals surface area contributed by atoms with Crippen LogP contribution in [0.25, 0.3) is 22.3 Å². The lowest BCUT2D eigenvalue weighted by Gasteiger charge is -2.29. The molecular formula is C31H31N3O4S. The van der Waals surface area contributed by atoms with Crippen LogP contribution in [-0.2, 0) is 21.1 Å². The number of amides is 1. The van der Waals surface area contributed by atoms with E-state index in [0.29, 0.717) is 16.8 Å². The Hall–Kier alpha value is -4.01. The first-order valence-corrected chi connectivity index (χ1v) is 14.7. The van der Waals surface area contributed by atoms with Crippen LogP contribution in [0.3, 0.4) is 0 Å². The molecule has 8 heteroatoms. The molecule has 4 aromatic rings. The topological polar surface area (TPSA) is 88.6 Å². The number of aryl methyl sites for hydroxylation is 1. The summed E-state index contributed by atoms with van der Waals surface area (Å²) in [4.78, 5) is 19.7. The fraction of sp³-hybridized carbons (Fsp3) is 0.226. The molecule has 200 valence electrons. The Morgan fingerprint density at radius 1 is 0.897 bits per heavy atom. The minimum Gasteiger partial charge on any atom is -0.378 e. The molecule has 1 aliphatic rings. The van der Waals surface area contributed by atoms with E-state index >= 15 is 0 Å². The average Bonchev–Trinajstić information content (AvgIpc) is 2.96. The van der Waals surface area contributed by atoms with Crippen molar-refractivity contribution in [3.05, 3.63) is 102 Å². The molecule has 0 spiro atoms. The van der Waals surface area contributed by atoms with Crippen molar-refractivity contribution in [3.8, 4) is 22.3 Å². The predicted molar refractivity (Wildman–Crippen MR) is 154 cm³/mol. The zero-order valence-corrected chi connectivity index (χ0v) is 22.9. The van der Waals surface area contributed by atoms with Crippen LogP contribution in [0.15, 0.2) is 90.0 Å². The molecule has 0 aliphatic carbocycles. The van der Waals surface area contributed by atoms with Crippen LogP contribution in [0.5, 0.6) is 0 Å². The SMILES string of the molecule is Cc1ccc(C(=O)NCc2cc(-c3cccc(-c4cccc(N5CCOCC5)c4)c3)ccn2)cc1S(C)(=O)=O. The van der Waals surface area contributed by atoms with E-state index < -0.39 is 9.84 Å². The first-order chi connectivity index (χ1) is 18.8. The van der Waals surface area contributed by atoms with E-state index in [1.165, 1.54) is 11.8 Å². The van der Waals surface area contributed by atoms with E-state index in [0.717, 1.165) is 54.8 Å². The number of benzene rings is 3. The normalized spacial score (nSPS) is 13.7. The molecular weight excluding hydrogens is 510 g/mol. The molecule has 3 aromatic carbocycles. The summed E-state index contributed by atoms with van der Waals surface area (Å²) in [6, 6.07) is 25.6. The number of hydrogen-bond acceptors (Lipinski definition) is 6. The van der Waals surface area contributed by atoms with Crippen molar-refractivity contribution in [1.29, 1.82) is 0 Å². The number of carbonyl (C=O) groups is 1. The predicted octanol–water partition coefficient (Wildman–Crippen LogP) is 4.89. The van der Waals surface area contributed by atoms with Gasteiger partial charge in [0.05, 0.1) is 30.3 Å². The number of anilines is 1. The molecule has 5 rings (SSSR count). The van der Waals surface area contributed by atoms with Crippen LogP contribution in [0.4, 0.5) is 5.69 Å². The molecule has 2 heterocycles. The summed E-state index contributed by atoms with van der Waals surface area (Å²) < 4.78 is 29.6. The number of ether oxygens (including phenoxy) is 1. The van der Waals surface area contributed by atoms with E-state index in [4.69, 9.17) is 4.74 Å². The van der Waals surface area contributed by atoms with Crippen LogP contribution in [0.2, 0.25) is 0 Å². The van der Waals surface area contributed by atoms with Crippen LogP contribution in [-0.4, -0.2) is 51.9 Å². The maximum atomic E-state index is 12.8. The average molecular weight is 542 g/mol. The molecule has 1 aliphatic heterocycles. The number of rotatable bonds is 7. The van der Waals surface area contributed by atoms with Crippen LogP contribution < -0.4 is 10.2 Å². The maximum Gasteiger partial charge on any atom is 0.251 e. The molecule has 7 nitrogen and oxygen atoms in total. The number of aromatic nitrogens is 1. The largest absolute Gasteiger partial charge is 0.378 e. The van der Waals surface area contributed by atoms with Crippen LogP contribution >= 0.6 is 0 Å². The second kappa shape index (κ2) is 11.4. The second-order valence-corrected chi connectivity index (χ2v) is 11.7. The number of sulfone groups is 1. The Bertz CT molecular complexity index is 1610. The third-order valence-corrected chi connectivity index (χ3v) is 8.09. The van der Waals surface area contributed by atoms with Crippen LogP contribution in [0, 0.1) is 6.92 Å². The second-order valence-electron chi connectivity index (χ2n) is 9.70. The molecule has 1 fully saturated rings. The van der Waals surface area contributed by atoms with E-state index in [9.17, 15) is 13.2 Å². The maximum absolute atomic E-state index is 12.8. The van der Waals surface area contributed by atoms with Crippen molar-refractivity contribution in [2.45, 2.75) is 18.4 Å². The zero-order valence-electron chi connectivity index (χ0n) is 22.1. The molecule has 1 N–H and O–H groups in total. The lowest BCUT2D eigenvalue weighted by atomic mass is 9.98. The summed E-state index contributed by atoms with van der Waals surface area (Å²) in [6.45, 7) is 5.21. The number of nitrogens with zero attached hydrogens (tertiary/aromatic N) is 2. The first kappa shape index (κ1) is 26.6. The van der Waals surface area contributed by atoms with Gasteiger partial charge in [0.1, 0.15) is 0 Å². The summed E-state index contributed by atoms with van der Waals surface area (Å²) in [5, 5.41) is 2.86. The van der Waals surface area contributed by atoms with Crippen molar-refractivity contribution >= 4 is 21.4 Å². The Morgan fingerprint density at radius 3 is 2.28 bits per heavy atom. The van der Waals surface area contributed by atoms with Crippen molar-refractivity contribution in [1.82, 2.24) is 10.3 Å². The van der Waals surface area contributed by atoms with Crippen molar-refractivity contribution in [3.63, 3.8) is 0 Å². The number of carbonyl (C=O) groups excluding carboxylic acids is 1. The summed E-state index contributed by atoms with van der Waals surface area (Å²) in [7, 11) is -3.42. The van der Waals surface area contributed by atoms with Gasteiger partial charge in [0.2, 0.25) is 0 Å². The lowest BCUT2D eigenvalue weighted by molar-refractivity contribution is 0.0950. The highest BCUT2D eigenvalue weighted by Crippen LogP contribution is 2.29. The standard InChI is InChI=1S/C31H31N3O4S/c1-22-9-10-27(20-30(22)39(2,36)37)31(35)33-21-28-18-26(11-12-32-28)24-6-3-5-23(17-24)25-7-4-8-29(19-25)34-13-15-38-16-14-34/h3-12,17-20H,13-16,21H2,1-2H3,(H,33,35). The van der Waals surface area contributed by atoms with Crippen molar-refractivity contribution in [2.75, 3.05) is 37.5 Å². The Kier molecular flexibility index (Phi) is 7.77. The highest BCUT2D eigenvalue weighted by Gasteiger charge is 2.15. The van der Waals surface area contributed by atoms with Gasteiger partial charge in [-0.2, -0.15) is 0 Å². The fourth-order valence-electron chi connectivity index (χ4n) is 4.75. The molecule has 0 radical (unpaired) electrons. The molecule has 39 heavy (non-hydrogen) atoms. The number of hydrogen-bond donors (Lipinski definition) is 1. The Labute approximate surface area is 229 Å². The van der Waals surface area contributed by atoms with Gasteiger partial charge in [0, 0.05) is 36.8 Å². The first-order valence-electron chi connectivity index (χ1n) is 12.9. The minimum atomic E-state index is -3.42. The summed E-state index contributed by atoms with van der Waals surface area (Å²) in [6.07, 6.45) is 2.87. The molecule has 0 unspecified atom stereocenters. The number of morpholine rings is 1. The van der Waals surface area contributed by atoms with E-state index in [1.54, 1.807) is 25.3 Å². The summed E-state index contributed by atoms with van der Waals surface area (Å²) >= 11 is 0. The lowest BCUT2D eigenvalue weighted by Crippen LogP contribution is -2.36. The van der Waals surface area contributed by atoms with Crippen molar-refractivity contribution in [2.24, 2.45) is 0 Å². The number of pyridine rings is 1. The van der Waals surface area contributed by atoms with E-state index in [2.05, 4.69) is 57.7 Å². The Morgan fingerprint density at radius 2 is 1.56 bits per heavy atom. The molecule has 0 bridgehead atoms. The molecule has 0 saturated carbocycles. The van der Waals surface area contributed by atoms with Crippen molar-refractivity contribution < 1.29 is 17.9 Å². The Balaban J connectivity index is 1.32. The molecule has 0 atom stereocenters. The monoisotopic (exact) mass is 541 g/mol. The zero-order chi connectivity index (χ0) is 27.4. The molecule has 1 saturated heterocycles. The van der Waals surface area contributed by atoms with Crippen LogP contribution in [0.1, 0.15) is 21.6 Å². The third-order valence-electron chi connectivity index (χ3n) is 6.85. The van der Waals surface area contributed by atoms with Gasteiger partial charge >= 0.3 is 0 Å². The van der Waals surface area contributed by atoms with Gasteiger partial charge in [-0.25, -0.2) is 8.42 Å². The fourth-order valence-corrected chi connectivity index (χ4v) is 5.74. The van der Waals surface area contributed by atoms with Gasteiger partial charge < -0.3 is 15.0 Å². The van der Waals surface area contributed by atoms with Gasteiger partial charge in [-0.05, 0) is 77.2 Å². The third kappa shape index (κ3) is 6.35. The van der Waals surface area contributed by atoms with Gasteiger partial charge in [-0.15, -0.1) is 0 Å². The highest BCUT2D eigenvalue weighted by molar-refractivity contribution is 7.90. The van der Waals surface area contributed by atoms with Gasteiger partial charge in [-0.1, -0.05) is 36.4 Å². The number of nitrogens with one attached hydrogen (secondary N) is 1. The smallest absolute Gasteiger partial charge is 0.251 e. The molecule has 1 amide bonds. The minimum absolute atomic E-state index is 0.158. The van der Waals surface area contributed by atoms with Gasteiger partial charge in [0.25, 0.3) is 5.91 Å². The van der Waals surface area contributed by atoms with Gasteiger partial charge in [0.15, 0.2) is 9.84 Å². The van der Waals surface area contributed by atoms with E-state index in [1.807, 2.05) is 18.2 Å². The highest BCUT2D eigenvalue weighted by atomic mass is 32.2. The summed E-state index contributed by atoms with van der Waals surface area (Å²) in [5.41, 5.74) is 7.12.